The van der Waals surface area contributed by atoms with Gasteiger partial charge in [-0.15, -0.1) is 0 Å². The topological polar surface area (TPSA) is 69.6 Å². The summed E-state index contributed by atoms with van der Waals surface area (Å²) >= 11 is 6.28. The molecule has 0 spiro atoms. The third kappa shape index (κ3) is 3.29. The molecular weight excluding hydrogens is 310 g/mol. The summed E-state index contributed by atoms with van der Waals surface area (Å²) in [5.41, 5.74) is 8.78. The predicted molar refractivity (Wildman–Crippen MR) is 93.5 cm³/mol. The minimum Gasteiger partial charge on any atom is -0.383 e. The Bertz CT molecular complexity index is 812. The zero-order chi connectivity index (χ0) is 16.2. The van der Waals surface area contributed by atoms with Gasteiger partial charge in [-0.1, -0.05) is 49.6 Å². The molecule has 0 saturated carbocycles. The maximum Gasteiger partial charge on any atom is 0.163 e. The monoisotopic (exact) mass is 329 g/mol. The van der Waals surface area contributed by atoms with Gasteiger partial charge in [-0.25, -0.2) is 14.6 Å². The Morgan fingerprint density at radius 1 is 1.17 bits per heavy atom. The molecule has 120 valence electrons. The summed E-state index contributed by atoms with van der Waals surface area (Å²) < 4.78 is 1.94. The first kappa shape index (κ1) is 15.7. The van der Waals surface area contributed by atoms with Gasteiger partial charge in [-0.3, -0.25) is 0 Å². The van der Waals surface area contributed by atoms with Crippen LogP contribution in [0, 0.1) is 0 Å². The molecule has 0 radical (unpaired) electrons. The lowest BCUT2D eigenvalue weighted by Gasteiger charge is -2.02. The summed E-state index contributed by atoms with van der Waals surface area (Å²) in [7, 11) is 0. The van der Waals surface area contributed by atoms with E-state index in [-0.39, 0.29) is 0 Å². The Hall–Kier alpha value is -2.14. The van der Waals surface area contributed by atoms with E-state index in [0.717, 1.165) is 40.3 Å². The first-order valence-electron chi connectivity index (χ1n) is 7.90. The Kier molecular flexibility index (Phi) is 4.76. The number of aromatic nitrogens is 4. The zero-order valence-electron chi connectivity index (χ0n) is 13.2. The fourth-order valence-electron chi connectivity index (χ4n) is 2.72. The summed E-state index contributed by atoms with van der Waals surface area (Å²) in [6.07, 6.45) is 5.52. The van der Waals surface area contributed by atoms with E-state index in [1.165, 1.54) is 19.2 Å². The van der Waals surface area contributed by atoms with Crippen LogP contribution in [-0.2, 0) is 13.0 Å². The van der Waals surface area contributed by atoms with Gasteiger partial charge in [-0.05, 0) is 18.1 Å². The maximum atomic E-state index is 6.28. The molecule has 2 aromatic heterocycles. The van der Waals surface area contributed by atoms with Crippen molar-refractivity contribution in [3.05, 3.63) is 46.9 Å². The number of fused-ring (bicyclic) bond motifs is 1. The van der Waals surface area contributed by atoms with Gasteiger partial charge in [0, 0.05) is 18.0 Å². The predicted octanol–water partition coefficient (Wildman–Crippen LogP) is 3.84. The van der Waals surface area contributed by atoms with Crippen LogP contribution in [0.25, 0.3) is 11.0 Å². The Balaban J connectivity index is 2.01. The van der Waals surface area contributed by atoms with Crippen LogP contribution in [0.3, 0.4) is 0 Å². The molecule has 1 aromatic carbocycles. The van der Waals surface area contributed by atoms with Gasteiger partial charge in [0.25, 0.3) is 0 Å². The van der Waals surface area contributed by atoms with Gasteiger partial charge in [0.05, 0.1) is 11.1 Å². The van der Waals surface area contributed by atoms with Crippen molar-refractivity contribution < 1.29 is 0 Å². The number of unbranched alkanes of at least 4 members (excludes halogenated alkanes) is 2. The Morgan fingerprint density at radius 2 is 2.00 bits per heavy atom. The van der Waals surface area contributed by atoms with Crippen molar-refractivity contribution in [1.82, 2.24) is 19.7 Å². The van der Waals surface area contributed by atoms with Crippen molar-refractivity contribution in [2.75, 3.05) is 5.73 Å². The highest BCUT2D eigenvalue weighted by atomic mass is 35.5. The fraction of sp³-hybridized carbons (Fsp3) is 0.353. The number of anilines is 1. The number of rotatable bonds is 6. The van der Waals surface area contributed by atoms with E-state index >= 15 is 0 Å². The van der Waals surface area contributed by atoms with E-state index in [1.807, 2.05) is 28.9 Å². The molecule has 0 atom stereocenters. The molecule has 2 N–H and O–H groups in total. The number of aryl methyl sites for hydroxylation is 1. The lowest BCUT2D eigenvalue weighted by atomic mass is 10.1. The van der Waals surface area contributed by atoms with Crippen LogP contribution in [0.1, 0.15) is 37.4 Å². The highest BCUT2D eigenvalue weighted by Gasteiger charge is 2.16. The first-order chi connectivity index (χ1) is 11.2. The van der Waals surface area contributed by atoms with Crippen molar-refractivity contribution in [2.24, 2.45) is 0 Å². The molecule has 23 heavy (non-hydrogen) atoms. The molecule has 3 rings (SSSR count). The number of nitrogen functional groups attached to an aromatic ring is 1. The smallest absolute Gasteiger partial charge is 0.163 e. The summed E-state index contributed by atoms with van der Waals surface area (Å²) in [5, 5.41) is 6.30. The lowest BCUT2D eigenvalue weighted by Crippen LogP contribution is -2.02. The van der Waals surface area contributed by atoms with E-state index in [4.69, 9.17) is 22.4 Å². The van der Waals surface area contributed by atoms with Crippen molar-refractivity contribution in [3.63, 3.8) is 0 Å². The van der Waals surface area contributed by atoms with Crippen LogP contribution in [0.15, 0.2) is 30.6 Å². The molecule has 0 aliphatic heterocycles. The highest BCUT2D eigenvalue weighted by Crippen LogP contribution is 2.26. The molecule has 0 amide bonds. The summed E-state index contributed by atoms with van der Waals surface area (Å²) in [6, 6.07) is 7.79. The van der Waals surface area contributed by atoms with Crippen LogP contribution in [0.2, 0.25) is 5.02 Å². The minimum atomic E-state index is 0.471. The number of nitrogens with zero attached hydrogens (tertiary/aromatic N) is 4. The first-order valence-corrected chi connectivity index (χ1v) is 8.27. The molecule has 2 heterocycles. The Morgan fingerprint density at radius 3 is 2.78 bits per heavy atom. The molecule has 0 saturated heterocycles. The van der Waals surface area contributed by atoms with E-state index < -0.39 is 0 Å². The molecule has 0 fully saturated rings. The van der Waals surface area contributed by atoms with E-state index in [1.54, 1.807) is 0 Å². The lowest BCUT2D eigenvalue weighted by molar-refractivity contribution is 0.559. The second kappa shape index (κ2) is 6.96. The van der Waals surface area contributed by atoms with E-state index in [9.17, 15) is 0 Å². The summed E-state index contributed by atoms with van der Waals surface area (Å²) in [5.74, 6) is 0.471. The van der Waals surface area contributed by atoms with Gasteiger partial charge in [0.15, 0.2) is 5.65 Å². The fourth-order valence-corrected chi connectivity index (χ4v) is 2.92. The number of hydrogen-bond donors (Lipinski definition) is 1. The SMILES string of the molecule is CCCCCn1nc(Cc2ccccc2Cl)c2c(N)ncnc21. The molecule has 0 unspecified atom stereocenters. The van der Waals surface area contributed by atoms with Crippen LogP contribution in [0.4, 0.5) is 5.82 Å². The van der Waals surface area contributed by atoms with Gasteiger partial charge in [0.1, 0.15) is 12.1 Å². The largest absolute Gasteiger partial charge is 0.383 e. The number of nitrogens with two attached hydrogens (primary N) is 1. The highest BCUT2D eigenvalue weighted by molar-refractivity contribution is 6.31. The molecule has 0 aliphatic rings. The second-order valence-corrected chi connectivity index (χ2v) is 6.01. The molecule has 3 aromatic rings. The van der Waals surface area contributed by atoms with Crippen LogP contribution in [-0.4, -0.2) is 19.7 Å². The van der Waals surface area contributed by atoms with Crippen molar-refractivity contribution in [3.8, 4) is 0 Å². The van der Waals surface area contributed by atoms with Gasteiger partial charge in [-0.2, -0.15) is 5.10 Å². The third-order valence-corrected chi connectivity index (χ3v) is 4.29. The second-order valence-electron chi connectivity index (χ2n) is 5.60. The van der Waals surface area contributed by atoms with Crippen molar-refractivity contribution >= 4 is 28.5 Å². The van der Waals surface area contributed by atoms with E-state index in [2.05, 4.69) is 16.9 Å². The summed E-state index contributed by atoms with van der Waals surface area (Å²) in [4.78, 5) is 8.50. The van der Waals surface area contributed by atoms with Gasteiger partial charge >= 0.3 is 0 Å². The van der Waals surface area contributed by atoms with Gasteiger partial charge in [0.2, 0.25) is 0 Å². The normalized spacial score (nSPS) is 11.2. The van der Waals surface area contributed by atoms with Crippen LogP contribution < -0.4 is 5.73 Å². The minimum absolute atomic E-state index is 0.471. The molecule has 5 nitrogen and oxygen atoms in total. The third-order valence-electron chi connectivity index (χ3n) is 3.92. The molecular formula is C17H20ClN5. The van der Waals surface area contributed by atoms with Gasteiger partial charge < -0.3 is 5.73 Å². The van der Waals surface area contributed by atoms with Crippen molar-refractivity contribution in [2.45, 2.75) is 39.2 Å². The molecule has 6 heteroatoms. The average Bonchev–Trinajstić information content (AvgIpc) is 2.89. The molecule has 0 aliphatic carbocycles. The summed E-state index contributed by atoms with van der Waals surface area (Å²) in [6.45, 7) is 3.02. The zero-order valence-corrected chi connectivity index (χ0v) is 13.9. The quantitative estimate of drug-likeness (QED) is 0.697. The maximum absolute atomic E-state index is 6.28. The van der Waals surface area contributed by atoms with E-state index in [0.29, 0.717) is 12.2 Å². The van der Waals surface area contributed by atoms with Crippen molar-refractivity contribution in [1.29, 1.82) is 0 Å². The standard InChI is InChI=1S/C17H20ClN5/c1-2-3-6-9-23-17-15(16(19)20-11-21-17)14(22-23)10-12-7-4-5-8-13(12)18/h4-5,7-8,11H,2-3,6,9-10H2,1H3,(H2,19,20,21). The number of halogens is 1. The average molecular weight is 330 g/mol. The van der Waals surface area contributed by atoms with Crippen LogP contribution >= 0.6 is 11.6 Å². The molecule has 0 bridgehead atoms. The number of hydrogen-bond acceptors (Lipinski definition) is 4. The Labute approximate surface area is 140 Å². The van der Waals surface area contributed by atoms with Crippen LogP contribution in [0.5, 0.6) is 0 Å². The number of benzene rings is 1.